The molecule has 0 aromatic carbocycles. The van der Waals surface area contributed by atoms with E-state index in [0.29, 0.717) is 25.5 Å². The predicted molar refractivity (Wildman–Crippen MR) is 90.0 cm³/mol. The van der Waals surface area contributed by atoms with Gasteiger partial charge >= 0.3 is 6.43 Å². The van der Waals surface area contributed by atoms with E-state index in [0.717, 1.165) is 0 Å². The van der Waals surface area contributed by atoms with Gasteiger partial charge in [0.2, 0.25) is 5.91 Å². The Morgan fingerprint density at radius 1 is 1.32 bits per heavy atom. The molecule has 8 heteroatoms. The number of ether oxygens (including phenoxy) is 1. The van der Waals surface area contributed by atoms with Crippen molar-refractivity contribution in [3.8, 4) is 0 Å². The van der Waals surface area contributed by atoms with Gasteiger partial charge in [0.15, 0.2) is 0 Å². The summed E-state index contributed by atoms with van der Waals surface area (Å²) in [6.45, 7) is 13.0. The normalized spacial score (nSPS) is 20.4. The Morgan fingerprint density at radius 3 is 2.08 bits per heavy atom. The number of carbonyl (C=O) groups excluding carboxylic acids is 3. The lowest BCUT2D eigenvalue weighted by atomic mass is 9.83. The van der Waals surface area contributed by atoms with E-state index in [4.69, 9.17) is 4.79 Å². The molecule has 0 bridgehead atoms. The SMILES string of the molecule is CC1CN(C(=O)C(NC(=O)C(F)F)C(C)(C)C)CC1(C)C.COC=O. The highest BCUT2D eigenvalue weighted by molar-refractivity contribution is 5.89. The molecule has 0 aromatic heterocycles. The second-order valence-electron chi connectivity index (χ2n) is 8.05. The van der Waals surface area contributed by atoms with E-state index in [-0.39, 0.29) is 11.3 Å². The Labute approximate surface area is 148 Å². The van der Waals surface area contributed by atoms with E-state index in [1.54, 1.807) is 25.7 Å². The summed E-state index contributed by atoms with van der Waals surface area (Å²) in [6.07, 6.45) is -3.11. The molecule has 1 N–H and O–H groups in total. The van der Waals surface area contributed by atoms with Crippen molar-refractivity contribution in [3.63, 3.8) is 0 Å². The van der Waals surface area contributed by atoms with Crippen molar-refractivity contribution in [2.24, 2.45) is 16.7 Å². The molecule has 0 radical (unpaired) electrons. The summed E-state index contributed by atoms with van der Waals surface area (Å²) in [7, 11) is 1.31. The molecule has 1 rings (SSSR count). The lowest BCUT2D eigenvalue weighted by Crippen LogP contribution is -2.55. The molecule has 25 heavy (non-hydrogen) atoms. The monoisotopic (exact) mass is 364 g/mol. The van der Waals surface area contributed by atoms with Crippen LogP contribution in [0.1, 0.15) is 41.5 Å². The van der Waals surface area contributed by atoms with E-state index < -0.39 is 23.8 Å². The van der Waals surface area contributed by atoms with Gasteiger partial charge in [-0.25, -0.2) is 0 Å². The third-order valence-electron chi connectivity index (χ3n) is 4.43. The minimum Gasteiger partial charge on any atom is -0.471 e. The summed E-state index contributed by atoms with van der Waals surface area (Å²) >= 11 is 0. The number of halogens is 2. The molecule has 1 heterocycles. The molecule has 2 amide bonds. The third kappa shape index (κ3) is 6.96. The van der Waals surface area contributed by atoms with Crippen molar-refractivity contribution in [3.05, 3.63) is 0 Å². The Balaban J connectivity index is 0.00000129. The molecule has 146 valence electrons. The molecule has 0 spiro atoms. The quantitative estimate of drug-likeness (QED) is 0.775. The number of methoxy groups -OCH3 is 1. The number of nitrogens with one attached hydrogen (secondary N) is 1. The molecule has 0 aliphatic carbocycles. The van der Waals surface area contributed by atoms with Gasteiger partial charge in [-0.1, -0.05) is 41.5 Å². The number of likely N-dealkylation sites (tertiary alicyclic amines) is 1. The Hall–Kier alpha value is -1.73. The predicted octanol–water partition coefficient (Wildman–Crippen LogP) is 2.08. The zero-order chi connectivity index (χ0) is 20.0. The van der Waals surface area contributed by atoms with Gasteiger partial charge in [-0.2, -0.15) is 8.78 Å². The molecule has 1 aliphatic heterocycles. The Morgan fingerprint density at radius 2 is 1.80 bits per heavy atom. The van der Waals surface area contributed by atoms with Gasteiger partial charge < -0.3 is 15.0 Å². The van der Waals surface area contributed by atoms with Gasteiger partial charge in [-0.05, 0) is 16.7 Å². The lowest BCUT2D eigenvalue weighted by molar-refractivity contribution is -0.142. The molecular weight excluding hydrogens is 334 g/mol. The first-order valence-electron chi connectivity index (χ1n) is 8.11. The summed E-state index contributed by atoms with van der Waals surface area (Å²) in [5.41, 5.74) is -0.636. The number of rotatable bonds is 4. The van der Waals surface area contributed by atoms with Crippen molar-refractivity contribution in [1.29, 1.82) is 0 Å². The molecule has 2 atom stereocenters. The Kier molecular flexibility index (Phi) is 8.47. The lowest BCUT2D eigenvalue weighted by Gasteiger charge is -2.33. The first-order valence-corrected chi connectivity index (χ1v) is 8.11. The van der Waals surface area contributed by atoms with Crippen LogP contribution in [0, 0.1) is 16.7 Å². The van der Waals surface area contributed by atoms with Crippen LogP contribution in [0.2, 0.25) is 0 Å². The highest BCUT2D eigenvalue weighted by atomic mass is 19.3. The van der Waals surface area contributed by atoms with Crippen molar-refractivity contribution in [2.45, 2.75) is 54.0 Å². The van der Waals surface area contributed by atoms with Crippen LogP contribution in [0.15, 0.2) is 0 Å². The van der Waals surface area contributed by atoms with Crippen LogP contribution in [0.5, 0.6) is 0 Å². The molecule has 1 saturated heterocycles. The smallest absolute Gasteiger partial charge is 0.315 e. The highest BCUT2D eigenvalue weighted by Crippen LogP contribution is 2.36. The fraction of sp³-hybridized carbons (Fsp3) is 0.824. The van der Waals surface area contributed by atoms with E-state index in [1.165, 1.54) is 7.11 Å². The van der Waals surface area contributed by atoms with Crippen LogP contribution < -0.4 is 5.32 Å². The standard InChI is InChI=1S/C15H26F2N2O2.C2H4O2/c1-9-7-19(8-15(9,5)6)13(21)10(14(2,3)4)18-12(20)11(16)17;1-4-2-3/h9-11H,7-8H2,1-6H3,(H,18,20);2H,1H3. The molecule has 2 unspecified atom stereocenters. The zero-order valence-corrected chi connectivity index (χ0v) is 16.1. The second kappa shape index (κ2) is 9.10. The second-order valence-corrected chi connectivity index (χ2v) is 8.05. The van der Waals surface area contributed by atoms with E-state index >= 15 is 0 Å². The fourth-order valence-electron chi connectivity index (χ4n) is 2.49. The van der Waals surface area contributed by atoms with Crippen LogP contribution in [0.25, 0.3) is 0 Å². The first-order chi connectivity index (χ1) is 11.3. The van der Waals surface area contributed by atoms with Crippen molar-refractivity contribution in [2.75, 3.05) is 20.2 Å². The number of nitrogens with zero attached hydrogens (tertiary/aromatic N) is 1. The van der Waals surface area contributed by atoms with E-state index in [9.17, 15) is 18.4 Å². The van der Waals surface area contributed by atoms with Gasteiger partial charge in [-0.3, -0.25) is 14.4 Å². The highest BCUT2D eigenvalue weighted by Gasteiger charge is 2.43. The van der Waals surface area contributed by atoms with Crippen LogP contribution in [-0.2, 0) is 19.1 Å². The van der Waals surface area contributed by atoms with Gasteiger partial charge in [0.05, 0.1) is 7.11 Å². The fourth-order valence-corrected chi connectivity index (χ4v) is 2.49. The van der Waals surface area contributed by atoms with Crippen molar-refractivity contribution >= 4 is 18.3 Å². The minimum atomic E-state index is -3.11. The summed E-state index contributed by atoms with van der Waals surface area (Å²) in [5.74, 6) is -1.35. The molecule has 0 saturated carbocycles. The number of hydrogen-bond donors (Lipinski definition) is 1. The average molecular weight is 364 g/mol. The van der Waals surface area contributed by atoms with Crippen LogP contribution in [-0.4, -0.2) is 55.9 Å². The van der Waals surface area contributed by atoms with Gasteiger partial charge in [0.25, 0.3) is 12.4 Å². The number of hydrogen-bond acceptors (Lipinski definition) is 4. The summed E-state index contributed by atoms with van der Waals surface area (Å²) in [5, 5.41) is 2.20. The third-order valence-corrected chi connectivity index (χ3v) is 4.43. The van der Waals surface area contributed by atoms with E-state index in [1.807, 2.05) is 0 Å². The first kappa shape index (κ1) is 23.3. The molecule has 6 nitrogen and oxygen atoms in total. The maximum absolute atomic E-state index is 12.6. The molecular formula is C17H30F2N2O4. The zero-order valence-electron chi connectivity index (χ0n) is 16.1. The number of alkyl halides is 2. The molecule has 1 aliphatic rings. The number of carbonyl (C=O) groups is 3. The van der Waals surface area contributed by atoms with E-state index in [2.05, 4.69) is 30.8 Å². The molecule has 0 aromatic rings. The average Bonchev–Trinajstić information content (AvgIpc) is 2.76. The topological polar surface area (TPSA) is 75.7 Å². The maximum Gasteiger partial charge on any atom is 0.315 e. The van der Waals surface area contributed by atoms with Gasteiger partial charge in [-0.15, -0.1) is 0 Å². The van der Waals surface area contributed by atoms with Crippen molar-refractivity contribution in [1.82, 2.24) is 10.2 Å². The maximum atomic E-state index is 12.6. The largest absolute Gasteiger partial charge is 0.471 e. The summed E-state index contributed by atoms with van der Waals surface area (Å²) in [6, 6.07) is -0.944. The number of amides is 2. The van der Waals surface area contributed by atoms with Crippen LogP contribution in [0.3, 0.4) is 0 Å². The van der Waals surface area contributed by atoms with Crippen LogP contribution in [0.4, 0.5) is 8.78 Å². The minimum absolute atomic E-state index is 0.00911. The summed E-state index contributed by atoms with van der Waals surface area (Å²) < 4.78 is 28.8. The van der Waals surface area contributed by atoms with Gasteiger partial charge in [0, 0.05) is 13.1 Å². The van der Waals surface area contributed by atoms with Gasteiger partial charge in [0.1, 0.15) is 6.04 Å². The summed E-state index contributed by atoms with van der Waals surface area (Å²) in [4.78, 5) is 34.6. The molecule has 1 fully saturated rings. The Bertz CT molecular complexity index is 476. The van der Waals surface area contributed by atoms with Crippen molar-refractivity contribution < 1.29 is 27.9 Å². The van der Waals surface area contributed by atoms with Crippen LogP contribution >= 0.6 is 0 Å².